The van der Waals surface area contributed by atoms with Crippen LogP contribution in [-0.4, -0.2) is 31.3 Å². The summed E-state index contributed by atoms with van der Waals surface area (Å²) < 4.78 is 0. The van der Waals surface area contributed by atoms with Crippen LogP contribution < -0.4 is 10.3 Å². The van der Waals surface area contributed by atoms with Gasteiger partial charge in [0.15, 0.2) is 0 Å². The molecule has 1 aromatic carbocycles. The molecule has 1 aliphatic rings. The highest BCUT2D eigenvalue weighted by atomic mass is 16.2. The number of benzene rings is 1. The quantitative estimate of drug-likeness (QED) is 0.766. The van der Waals surface area contributed by atoms with Crippen LogP contribution in [-0.2, 0) is 11.2 Å². The van der Waals surface area contributed by atoms with E-state index in [9.17, 15) is 4.79 Å². The number of likely N-dealkylation sites (tertiary alicyclic amines) is 1. The van der Waals surface area contributed by atoms with Gasteiger partial charge in [0.05, 0.1) is 19.6 Å². The van der Waals surface area contributed by atoms with Gasteiger partial charge in [0.2, 0.25) is 5.91 Å². The van der Waals surface area contributed by atoms with Crippen LogP contribution in [0, 0.1) is 0 Å². The molecule has 1 saturated heterocycles. The lowest BCUT2D eigenvalue weighted by Crippen LogP contribution is -3.12. The van der Waals surface area contributed by atoms with E-state index < -0.39 is 0 Å². The molecule has 1 amide bonds. The Bertz CT molecular complexity index is 446. The molecule has 0 bridgehead atoms. The minimum Gasteiger partial charge on any atom is -0.335 e. The zero-order valence-electron chi connectivity index (χ0n) is 12.2. The van der Waals surface area contributed by atoms with E-state index in [2.05, 4.69) is 17.5 Å². The zero-order valence-corrected chi connectivity index (χ0v) is 12.2. The minimum atomic E-state index is 0.00613. The van der Waals surface area contributed by atoms with Gasteiger partial charge in [-0.3, -0.25) is 4.79 Å². The predicted octanol–water partition coefficient (Wildman–Crippen LogP) is 0.790. The molecule has 1 aromatic rings. The second-order valence-corrected chi connectivity index (χ2v) is 5.30. The number of nitrogens with zero attached hydrogens (tertiary/aromatic N) is 1. The van der Waals surface area contributed by atoms with E-state index in [1.54, 1.807) is 4.90 Å². The first kappa shape index (κ1) is 14.7. The molecule has 0 atom stereocenters. The van der Waals surface area contributed by atoms with Gasteiger partial charge < -0.3 is 4.90 Å². The third-order valence-electron chi connectivity index (χ3n) is 3.86. The summed E-state index contributed by atoms with van der Waals surface area (Å²) in [5, 5.41) is 4.27. The van der Waals surface area contributed by atoms with Crippen LogP contribution >= 0.6 is 0 Å². The van der Waals surface area contributed by atoms with Gasteiger partial charge in [-0.1, -0.05) is 30.3 Å². The van der Waals surface area contributed by atoms with Crippen LogP contribution in [0.15, 0.2) is 35.4 Å². The van der Waals surface area contributed by atoms with E-state index in [1.807, 2.05) is 30.3 Å². The number of rotatable bonds is 5. The molecular weight excluding hydrogens is 250 g/mol. The molecule has 0 saturated carbocycles. The number of hydrazone groups is 1. The fraction of sp³-hybridized carbons (Fsp3) is 0.500. The molecule has 0 aromatic heterocycles. The third kappa shape index (κ3) is 4.78. The monoisotopic (exact) mass is 274 g/mol. The Morgan fingerprint density at radius 3 is 2.60 bits per heavy atom. The Morgan fingerprint density at radius 2 is 1.95 bits per heavy atom. The molecule has 4 nitrogen and oxygen atoms in total. The van der Waals surface area contributed by atoms with Gasteiger partial charge in [-0.15, -0.1) is 0 Å². The second kappa shape index (κ2) is 7.80. The summed E-state index contributed by atoms with van der Waals surface area (Å²) in [5.74, 6) is 0.00613. The summed E-state index contributed by atoms with van der Waals surface area (Å²) in [7, 11) is 0. The van der Waals surface area contributed by atoms with Crippen LogP contribution in [0.5, 0.6) is 0 Å². The number of piperidine rings is 1. The Kier molecular flexibility index (Phi) is 5.74. The Balaban J connectivity index is 1.70. The summed E-state index contributed by atoms with van der Waals surface area (Å²) >= 11 is 0. The van der Waals surface area contributed by atoms with Crippen molar-refractivity contribution in [2.24, 2.45) is 5.10 Å². The van der Waals surface area contributed by atoms with Crippen molar-refractivity contribution in [2.45, 2.75) is 32.6 Å². The summed E-state index contributed by atoms with van der Waals surface area (Å²) in [6.45, 7) is 5.66. The third-order valence-corrected chi connectivity index (χ3v) is 3.86. The molecular formula is C16H24N3O+. The summed E-state index contributed by atoms with van der Waals surface area (Å²) in [4.78, 5) is 13.4. The van der Waals surface area contributed by atoms with Gasteiger partial charge in [-0.05, 0) is 18.9 Å². The summed E-state index contributed by atoms with van der Waals surface area (Å²) in [5.41, 5.74) is 5.02. The molecule has 2 rings (SSSR count). The zero-order chi connectivity index (χ0) is 14.2. The minimum absolute atomic E-state index is 0.00613. The van der Waals surface area contributed by atoms with Gasteiger partial charge in [0.25, 0.3) is 0 Å². The van der Waals surface area contributed by atoms with Gasteiger partial charge in [-0.25, -0.2) is 5.43 Å². The first-order chi connectivity index (χ1) is 9.78. The number of hydrogen-bond acceptors (Lipinski definition) is 2. The van der Waals surface area contributed by atoms with Crippen molar-refractivity contribution in [3.8, 4) is 0 Å². The van der Waals surface area contributed by atoms with E-state index in [4.69, 9.17) is 0 Å². The summed E-state index contributed by atoms with van der Waals surface area (Å²) in [6.07, 6.45) is 3.27. The number of aryl methyl sites for hydroxylation is 1. The number of hydrogen-bond donors (Lipinski definition) is 2. The van der Waals surface area contributed by atoms with Crippen molar-refractivity contribution >= 4 is 11.6 Å². The highest BCUT2D eigenvalue weighted by Crippen LogP contribution is 2.02. The van der Waals surface area contributed by atoms with Crippen molar-refractivity contribution in [3.05, 3.63) is 35.9 Å². The average molecular weight is 274 g/mol. The van der Waals surface area contributed by atoms with Crippen molar-refractivity contribution in [1.29, 1.82) is 0 Å². The molecule has 0 radical (unpaired) electrons. The lowest BCUT2D eigenvalue weighted by atomic mass is 10.1. The first-order valence-corrected chi connectivity index (χ1v) is 7.49. The Hall–Kier alpha value is -1.68. The van der Waals surface area contributed by atoms with Crippen LogP contribution in [0.4, 0.5) is 0 Å². The van der Waals surface area contributed by atoms with E-state index >= 15 is 0 Å². The molecule has 2 N–H and O–H groups in total. The molecule has 0 aliphatic carbocycles. The molecule has 1 aliphatic heterocycles. The van der Waals surface area contributed by atoms with Crippen LogP contribution in [0.25, 0.3) is 0 Å². The molecule has 0 spiro atoms. The standard InChI is InChI=1S/C16H23N3O/c1-2-19-12-10-15(11-13-19)17-18-16(20)9-8-14-6-4-3-5-7-14/h3-7H,2,8-13H2,1H3,(H,18,20)/p+1. The van der Waals surface area contributed by atoms with Crippen molar-refractivity contribution in [2.75, 3.05) is 19.6 Å². The van der Waals surface area contributed by atoms with Crippen LogP contribution in [0.1, 0.15) is 31.7 Å². The van der Waals surface area contributed by atoms with Crippen LogP contribution in [0.3, 0.4) is 0 Å². The fourth-order valence-electron chi connectivity index (χ4n) is 2.46. The van der Waals surface area contributed by atoms with Gasteiger partial charge in [-0.2, -0.15) is 5.10 Å². The predicted molar refractivity (Wildman–Crippen MR) is 80.8 cm³/mol. The van der Waals surface area contributed by atoms with E-state index in [0.29, 0.717) is 6.42 Å². The second-order valence-electron chi connectivity index (χ2n) is 5.30. The maximum atomic E-state index is 11.8. The lowest BCUT2D eigenvalue weighted by Gasteiger charge is -2.23. The molecule has 4 heteroatoms. The number of quaternary nitrogens is 1. The first-order valence-electron chi connectivity index (χ1n) is 7.49. The SMILES string of the molecule is CC[NH+]1CCC(=NNC(=O)CCc2ccccc2)CC1. The van der Waals surface area contributed by atoms with Crippen LogP contribution in [0.2, 0.25) is 0 Å². The Labute approximate surface area is 120 Å². The topological polar surface area (TPSA) is 45.9 Å². The van der Waals surface area contributed by atoms with Gasteiger partial charge in [0.1, 0.15) is 0 Å². The maximum Gasteiger partial charge on any atom is 0.240 e. The Morgan fingerprint density at radius 1 is 1.25 bits per heavy atom. The number of carbonyl (C=O) groups is 1. The van der Waals surface area contributed by atoms with Crippen molar-refractivity contribution in [1.82, 2.24) is 5.43 Å². The number of amides is 1. The molecule has 20 heavy (non-hydrogen) atoms. The number of nitrogens with one attached hydrogen (secondary N) is 2. The molecule has 108 valence electrons. The molecule has 1 heterocycles. The highest BCUT2D eigenvalue weighted by Gasteiger charge is 2.16. The largest absolute Gasteiger partial charge is 0.335 e. The molecule has 1 fully saturated rings. The smallest absolute Gasteiger partial charge is 0.240 e. The highest BCUT2D eigenvalue weighted by molar-refractivity contribution is 5.86. The van der Waals surface area contributed by atoms with E-state index in [-0.39, 0.29) is 5.91 Å². The number of carbonyl (C=O) groups excluding carboxylic acids is 1. The van der Waals surface area contributed by atoms with Gasteiger partial charge >= 0.3 is 0 Å². The average Bonchev–Trinajstić information content (AvgIpc) is 2.52. The summed E-state index contributed by atoms with van der Waals surface area (Å²) in [6, 6.07) is 10.1. The lowest BCUT2D eigenvalue weighted by molar-refractivity contribution is -0.899. The maximum absolute atomic E-state index is 11.8. The van der Waals surface area contributed by atoms with E-state index in [1.165, 1.54) is 12.1 Å². The van der Waals surface area contributed by atoms with E-state index in [0.717, 1.165) is 38.1 Å². The molecule has 0 unspecified atom stereocenters. The van der Waals surface area contributed by atoms with Crippen molar-refractivity contribution in [3.63, 3.8) is 0 Å². The normalized spacial score (nSPS) is 18.6. The fourth-order valence-corrected chi connectivity index (χ4v) is 2.46. The van der Waals surface area contributed by atoms with Crippen molar-refractivity contribution < 1.29 is 9.69 Å². The van der Waals surface area contributed by atoms with Gasteiger partial charge in [0, 0.05) is 25.0 Å².